The fourth-order valence-electron chi connectivity index (χ4n) is 3.19. The first-order valence-electron chi connectivity index (χ1n) is 8.68. The van der Waals surface area contributed by atoms with Gasteiger partial charge in [-0.3, -0.25) is 4.68 Å². The molecule has 26 heavy (non-hydrogen) atoms. The average molecular weight is 352 g/mol. The summed E-state index contributed by atoms with van der Waals surface area (Å²) in [4.78, 5) is 11.0. The molecule has 0 radical (unpaired) electrons. The molecule has 3 aromatic rings. The van der Waals surface area contributed by atoms with Crippen LogP contribution in [0.25, 0.3) is 0 Å². The van der Waals surface area contributed by atoms with E-state index in [2.05, 4.69) is 25.2 Å². The van der Waals surface area contributed by atoms with Crippen molar-refractivity contribution in [2.45, 2.75) is 38.9 Å². The van der Waals surface area contributed by atoms with Crippen molar-refractivity contribution in [3.8, 4) is 0 Å². The number of anilines is 1. The number of hydrogen-bond donors (Lipinski definition) is 2. The van der Waals surface area contributed by atoms with Crippen LogP contribution in [-0.4, -0.2) is 35.6 Å². The van der Waals surface area contributed by atoms with Gasteiger partial charge >= 0.3 is 5.97 Å². The number of nitrogens with zero attached hydrogens (tertiary/aromatic N) is 5. The van der Waals surface area contributed by atoms with Gasteiger partial charge in [-0.25, -0.2) is 4.79 Å². The van der Waals surface area contributed by atoms with Crippen molar-refractivity contribution in [1.29, 1.82) is 0 Å². The molecule has 0 aliphatic carbocycles. The van der Waals surface area contributed by atoms with E-state index in [0.29, 0.717) is 13.1 Å². The van der Waals surface area contributed by atoms with E-state index in [4.69, 9.17) is 5.11 Å². The first-order valence-corrected chi connectivity index (χ1v) is 8.68. The molecule has 0 saturated carbocycles. The fourth-order valence-corrected chi connectivity index (χ4v) is 3.19. The quantitative estimate of drug-likeness (QED) is 0.705. The largest absolute Gasteiger partial charge is 0.478 e. The van der Waals surface area contributed by atoms with Crippen LogP contribution in [0.2, 0.25) is 0 Å². The lowest BCUT2D eigenvalue weighted by Gasteiger charge is -2.14. The van der Waals surface area contributed by atoms with Gasteiger partial charge in [0.05, 0.1) is 17.4 Å². The molecule has 0 fully saturated rings. The Morgan fingerprint density at radius 2 is 2.19 bits per heavy atom. The number of carboxylic acid groups (broad SMARTS) is 1. The van der Waals surface area contributed by atoms with E-state index in [-0.39, 0.29) is 5.56 Å². The Bertz CT molecular complexity index is 929. The molecule has 0 spiro atoms. The summed E-state index contributed by atoms with van der Waals surface area (Å²) in [6, 6.07) is 6.90. The van der Waals surface area contributed by atoms with E-state index in [0.717, 1.165) is 35.9 Å². The van der Waals surface area contributed by atoms with Crippen molar-refractivity contribution in [1.82, 2.24) is 24.5 Å². The van der Waals surface area contributed by atoms with Crippen LogP contribution in [0, 0.1) is 0 Å². The van der Waals surface area contributed by atoms with Crippen LogP contribution < -0.4 is 5.32 Å². The molecular weight excluding hydrogens is 332 g/mol. The van der Waals surface area contributed by atoms with Crippen molar-refractivity contribution in [2.75, 3.05) is 5.32 Å². The van der Waals surface area contributed by atoms with E-state index < -0.39 is 5.97 Å². The third kappa shape index (κ3) is 3.44. The van der Waals surface area contributed by atoms with Gasteiger partial charge in [0.1, 0.15) is 12.4 Å². The standard InChI is InChI=1S/C18H20N6O2/c25-18(26)14-5-3-4-13(8-14)9-19-15-10-20-23(11-15)12-17-22-21-16-6-1-2-7-24(16)17/h3-5,8,10-11,19H,1-2,6-7,9,12H2,(H,25,26). The minimum Gasteiger partial charge on any atom is -0.478 e. The maximum absolute atomic E-state index is 11.0. The molecule has 0 saturated heterocycles. The van der Waals surface area contributed by atoms with E-state index in [1.807, 2.05) is 16.9 Å². The molecule has 2 aromatic heterocycles. The minimum absolute atomic E-state index is 0.288. The topological polar surface area (TPSA) is 97.9 Å². The van der Waals surface area contributed by atoms with E-state index in [1.54, 1.807) is 24.4 Å². The van der Waals surface area contributed by atoms with Gasteiger partial charge in [-0.15, -0.1) is 10.2 Å². The third-order valence-electron chi connectivity index (χ3n) is 4.54. The van der Waals surface area contributed by atoms with E-state index in [1.165, 1.54) is 12.8 Å². The second kappa shape index (κ2) is 6.99. The zero-order chi connectivity index (χ0) is 17.9. The average Bonchev–Trinajstić information content (AvgIpc) is 3.28. The third-order valence-corrected chi connectivity index (χ3v) is 4.54. The van der Waals surface area contributed by atoms with Crippen LogP contribution in [0.5, 0.6) is 0 Å². The molecule has 0 atom stereocenters. The predicted octanol–water partition coefficient (Wildman–Crippen LogP) is 2.17. The Kier molecular flexibility index (Phi) is 4.39. The van der Waals surface area contributed by atoms with Crippen molar-refractivity contribution < 1.29 is 9.90 Å². The van der Waals surface area contributed by atoms with Gasteiger partial charge in [0.25, 0.3) is 0 Å². The highest BCUT2D eigenvalue weighted by atomic mass is 16.4. The number of rotatable bonds is 6. The Hall–Kier alpha value is -3.16. The van der Waals surface area contributed by atoms with Crippen molar-refractivity contribution >= 4 is 11.7 Å². The Morgan fingerprint density at radius 3 is 3.08 bits per heavy atom. The van der Waals surface area contributed by atoms with Gasteiger partial charge in [0.15, 0.2) is 5.82 Å². The molecule has 8 nitrogen and oxygen atoms in total. The van der Waals surface area contributed by atoms with Crippen molar-refractivity contribution in [3.63, 3.8) is 0 Å². The first-order chi connectivity index (χ1) is 12.7. The lowest BCUT2D eigenvalue weighted by atomic mass is 10.1. The van der Waals surface area contributed by atoms with Gasteiger partial charge in [0.2, 0.25) is 0 Å². The van der Waals surface area contributed by atoms with Gasteiger partial charge < -0.3 is 15.0 Å². The molecule has 4 rings (SSSR count). The molecule has 134 valence electrons. The van der Waals surface area contributed by atoms with Crippen LogP contribution in [0.3, 0.4) is 0 Å². The molecule has 3 heterocycles. The number of carboxylic acids is 1. The number of hydrogen-bond acceptors (Lipinski definition) is 5. The van der Waals surface area contributed by atoms with Crippen molar-refractivity contribution in [3.05, 3.63) is 59.4 Å². The lowest BCUT2D eigenvalue weighted by Crippen LogP contribution is -2.15. The van der Waals surface area contributed by atoms with Crippen LogP contribution >= 0.6 is 0 Å². The fraction of sp³-hybridized carbons (Fsp3) is 0.333. The van der Waals surface area contributed by atoms with Crippen LogP contribution in [0.1, 0.15) is 40.4 Å². The van der Waals surface area contributed by atoms with Gasteiger partial charge in [0, 0.05) is 25.7 Å². The van der Waals surface area contributed by atoms with Gasteiger partial charge in [-0.2, -0.15) is 5.10 Å². The van der Waals surface area contributed by atoms with E-state index in [9.17, 15) is 4.79 Å². The maximum Gasteiger partial charge on any atom is 0.335 e. The number of aryl methyl sites for hydroxylation is 1. The molecule has 2 N–H and O–H groups in total. The predicted molar refractivity (Wildman–Crippen MR) is 95.0 cm³/mol. The summed E-state index contributed by atoms with van der Waals surface area (Å²) in [6.45, 7) is 2.10. The smallest absolute Gasteiger partial charge is 0.335 e. The monoisotopic (exact) mass is 352 g/mol. The number of aromatic nitrogens is 5. The second-order valence-corrected chi connectivity index (χ2v) is 6.43. The lowest BCUT2D eigenvalue weighted by molar-refractivity contribution is 0.0696. The Balaban J connectivity index is 1.40. The summed E-state index contributed by atoms with van der Waals surface area (Å²) >= 11 is 0. The minimum atomic E-state index is -0.920. The zero-order valence-electron chi connectivity index (χ0n) is 14.3. The van der Waals surface area contributed by atoms with Crippen LogP contribution in [-0.2, 0) is 26.1 Å². The number of benzene rings is 1. The zero-order valence-corrected chi connectivity index (χ0v) is 14.3. The summed E-state index contributed by atoms with van der Waals surface area (Å²) in [5, 5.41) is 25.3. The summed E-state index contributed by atoms with van der Waals surface area (Å²) in [5.74, 6) is 1.08. The summed E-state index contributed by atoms with van der Waals surface area (Å²) in [6.07, 6.45) is 7.02. The number of carbonyl (C=O) groups is 1. The normalized spacial score (nSPS) is 13.4. The van der Waals surface area contributed by atoms with Gasteiger partial charge in [-0.1, -0.05) is 12.1 Å². The van der Waals surface area contributed by atoms with Crippen molar-refractivity contribution in [2.24, 2.45) is 0 Å². The Morgan fingerprint density at radius 1 is 1.27 bits per heavy atom. The second-order valence-electron chi connectivity index (χ2n) is 6.43. The first kappa shape index (κ1) is 16.3. The summed E-state index contributed by atoms with van der Waals surface area (Å²) in [5.41, 5.74) is 2.07. The SMILES string of the molecule is O=C(O)c1cccc(CNc2cnn(Cc3nnc4n3CCCC4)c2)c1. The van der Waals surface area contributed by atoms with Crippen LogP contribution in [0.4, 0.5) is 5.69 Å². The molecule has 0 unspecified atom stereocenters. The molecule has 0 amide bonds. The highest BCUT2D eigenvalue weighted by molar-refractivity contribution is 5.87. The molecular formula is C18H20N6O2. The number of nitrogens with one attached hydrogen (secondary N) is 1. The summed E-state index contributed by atoms with van der Waals surface area (Å²) in [7, 11) is 0. The maximum atomic E-state index is 11.0. The van der Waals surface area contributed by atoms with E-state index >= 15 is 0 Å². The molecule has 1 aromatic carbocycles. The molecule has 1 aliphatic heterocycles. The molecule has 1 aliphatic rings. The highest BCUT2D eigenvalue weighted by Crippen LogP contribution is 2.16. The summed E-state index contributed by atoms with van der Waals surface area (Å²) < 4.78 is 4.03. The number of fused-ring (bicyclic) bond motifs is 1. The highest BCUT2D eigenvalue weighted by Gasteiger charge is 2.16. The molecule has 0 bridgehead atoms. The molecule has 8 heteroatoms. The number of aromatic carboxylic acids is 1. The van der Waals surface area contributed by atoms with Crippen LogP contribution in [0.15, 0.2) is 36.7 Å². The van der Waals surface area contributed by atoms with Gasteiger partial charge in [-0.05, 0) is 30.5 Å². The Labute approximate surface area is 150 Å².